The zero-order chi connectivity index (χ0) is 20.3. The van der Waals surface area contributed by atoms with Gasteiger partial charge >= 0.3 is 5.97 Å². The Morgan fingerprint density at radius 2 is 1.50 bits per heavy atom. The number of non-ortho nitro benzene ring substituents is 1. The van der Waals surface area contributed by atoms with Gasteiger partial charge in [0, 0.05) is 49.8 Å². The third-order valence-electron chi connectivity index (χ3n) is 5.46. The van der Waals surface area contributed by atoms with Crippen molar-refractivity contribution in [2.24, 2.45) is 5.92 Å². The van der Waals surface area contributed by atoms with Gasteiger partial charge in [-0.15, -0.1) is 0 Å². The molecule has 1 heterocycles. The summed E-state index contributed by atoms with van der Waals surface area (Å²) in [4.78, 5) is 50.2. The SMILES string of the molecule is O=C(O)c1cc(C(=O)N2CCN(C(=O)C3CCCCC3)CC2)cc([N+](=O)[O-])c1. The summed E-state index contributed by atoms with van der Waals surface area (Å²) in [6, 6.07) is 3.17. The molecule has 1 saturated carbocycles. The first kappa shape index (κ1) is 19.8. The Hall–Kier alpha value is -2.97. The number of nitrogens with zero attached hydrogens (tertiary/aromatic N) is 3. The highest BCUT2D eigenvalue weighted by molar-refractivity contribution is 5.98. The number of carboxylic acid groups (broad SMARTS) is 1. The average molecular weight is 389 g/mol. The van der Waals surface area contributed by atoms with Gasteiger partial charge in [0.15, 0.2) is 0 Å². The molecule has 1 aromatic carbocycles. The predicted molar refractivity (Wildman–Crippen MR) is 99.1 cm³/mol. The third kappa shape index (κ3) is 4.29. The largest absolute Gasteiger partial charge is 0.478 e. The summed E-state index contributed by atoms with van der Waals surface area (Å²) in [6.45, 7) is 1.48. The molecule has 1 aliphatic carbocycles. The number of carbonyl (C=O) groups is 3. The molecule has 0 atom stereocenters. The van der Waals surface area contributed by atoms with Crippen LogP contribution in [0, 0.1) is 16.0 Å². The molecule has 1 aromatic rings. The number of nitro groups is 1. The summed E-state index contributed by atoms with van der Waals surface area (Å²) in [5.74, 6) is -1.57. The van der Waals surface area contributed by atoms with E-state index >= 15 is 0 Å². The average Bonchev–Trinajstić information content (AvgIpc) is 2.73. The van der Waals surface area contributed by atoms with Crippen LogP contribution in [0.2, 0.25) is 0 Å². The van der Waals surface area contributed by atoms with E-state index in [0.29, 0.717) is 26.2 Å². The Bertz CT molecular complexity index is 763. The maximum Gasteiger partial charge on any atom is 0.335 e. The Morgan fingerprint density at radius 1 is 0.929 bits per heavy atom. The van der Waals surface area contributed by atoms with E-state index in [2.05, 4.69) is 0 Å². The van der Waals surface area contributed by atoms with Crippen molar-refractivity contribution in [2.75, 3.05) is 26.2 Å². The van der Waals surface area contributed by atoms with E-state index < -0.39 is 22.5 Å². The zero-order valence-electron chi connectivity index (χ0n) is 15.5. The number of piperazine rings is 1. The summed E-state index contributed by atoms with van der Waals surface area (Å²) in [5, 5.41) is 20.2. The summed E-state index contributed by atoms with van der Waals surface area (Å²) < 4.78 is 0. The number of carbonyl (C=O) groups excluding carboxylic acids is 2. The predicted octanol–water partition coefficient (Wildman–Crippen LogP) is 2.16. The van der Waals surface area contributed by atoms with Crippen LogP contribution in [0.1, 0.15) is 52.8 Å². The van der Waals surface area contributed by atoms with Crippen molar-refractivity contribution < 1.29 is 24.4 Å². The van der Waals surface area contributed by atoms with Crippen LogP contribution in [0.4, 0.5) is 5.69 Å². The lowest BCUT2D eigenvalue weighted by atomic mass is 9.88. The van der Waals surface area contributed by atoms with Crippen molar-refractivity contribution in [1.29, 1.82) is 0 Å². The maximum atomic E-state index is 12.7. The second kappa shape index (κ2) is 8.37. The van der Waals surface area contributed by atoms with Crippen LogP contribution >= 0.6 is 0 Å². The highest BCUT2D eigenvalue weighted by Gasteiger charge is 2.30. The molecule has 2 amide bonds. The summed E-state index contributed by atoms with van der Waals surface area (Å²) >= 11 is 0. The smallest absolute Gasteiger partial charge is 0.335 e. The maximum absolute atomic E-state index is 12.7. The van der Waals surface area contributed by atoms with E-state index in [9.17, 15) is 24.5 Å². The fourth-order valence-electron chi connectivity index (χ4n) is 3.88. The first-order valence-electron chi connectivity index (χ1n) is 9.47. The normalized spacial score (nSPS) is 18.0. The molecule has 2 aliphatic rings. The van der Waals surface area contributed by atoms with E-state index in [1.54, 1.807) is 4.90 Å². The fraction of sp³-hybridized carbons (Fsp3) is 0.526. The molecule has 9 nitrogen and oxygen atoms in total. The van der Waals surface area contributed by atoms with Crippen LogP contribution in [-0.2, 0) is 4.79 Å². The van der Waals surface area contributed by atoms with Crippen molar-refractivity contribution in [1.82, 2.24) is 9.80 Å². The Balaban J connectivity index is 1.67. The Morgan fingerprint density at radius 3 is 2.07 bits per heavy atom. The van der Waals surface area contributed by atoms with Gasteiger partial charge in [0.05, 0.1) is 10.5 Å². The minimum atomic E-state index is -1.33. The van der Waals surface area contributed by atoms with Gasteiger partial charge in [-0.1, -0.05) is 19.3 Å². The molecule has 28 heavy (non-hydrogen) atoms. The molecule has 0 unspecified atom stereocenters. The number of nitro benzene ring substituents is 1. The van der Waals surface area contributed by atoms with Gasteiger partial charge in [-0.3, -0.25) is 19.7 Å². The number of rotatable bonds is 4. The third-order valence-corrected chi connectivity index (χ3v) is 5.46. The van der Waals surface area contributed by atoms with Crippen LogP contribution in [0.5, 0.6) is 0 Å². The molecular weight excluding hydrogens is 366 g/mol. The minimum absolute atomic E-state index is 0.0290. The van der Waals surface area contributed by atoms with Gasteiger partial charge in [0.2, 0.25) is 5.91 Å². The molecule has 2 fully saturated rings. The van der Waals surface area contributed by atoms with Gasteiger partial charge < -0.3 is 14.9 Å². The number of carboxylic acids is 1. The Kier molecular flexibility index (Phi) is 5.91. The summed E-state index contributed by atoms with van der Waals surface area (Å²) in [7, 11) is 0. The molecule has 0 aromatic heterocycles. The highest BCUT2D eigenvalue weighted by Crippen LogP contribution is 2.26. The molecule has 150 valence electrons. The molecule has 0 spiro atoms. The lowest BCUT2D eigenvalue weighted by Crippen LogP contribution is -2.52. The van der Waals surface area contributed by atoms with Gasteiger partial charge in [-0.2, -0.15) is 0 Å². The number of hydrogen-bond acceptors (Lipinski definition) is 5. The van der Waals surface area contributed by atoms with Gasteiger partial charge in [-0.25, -0.2) is 4.79 Å². The van der Waals surface area contributed by atoms with Crippen LogP contribution in [-0.4, -0.2) is 63.8 Å². The fourth-order valence-corrected chi connectivity index (χ4v) is 3.88. The number of hydrogen-bond donors (Lipinski definition) is 1. The Labute approximate surface area is 162 Å². The molecule has 9 heteroatoms. The number of amides is 2. The second-order valence-corrected chi connectivity index (χ2v) is 7.28. The standard InChI is InChI=1S/C19H23N3O6/c23-17(13-4-2-1-3-5-13)20-6-8-21(9-7-20)18(24)14-10-15(19(25)26)12-16(11-14)22(27)28/h10-13H,1-9H2,(H,25,26). The van der Waals surface area contributed by atoms with E-state index in [1.807, 2.05) is 0 Å². The minimum Gasteiger partial charge on any atom is -0.478 e. The van der Waals surface area contributed by atoms with E-state index in [1.165, 1.54) is 11.3 Å². The molecule has 3 rings (SSSR count). The van der Waals surface area contributed by atoms with Crippen molar-refractivity contribution >= 4 is 23.5 Å². The van der Waals surface area contributed by atoms with Crippen LogP contribution in [0.3, 0.4) is 0 Å². The lowest BCUT2D eigenvalue weighted by Gasteiger charge is -2.37. The molecule has 1 N–H and O–H groups in total. The van der Waals surface area contributed by atoms with E-state index in [0.717, 1.165) is 43.9 Å². The molecular formula is C19H23N3O6. The molecule has 0 radical (unpaired) electrons. The topological polar surface area (TPSA) is 121 Å². The van der Waals surface area contributed by atoms with E-state index in [4.69, 9.17) is 5.11 Å². The number of benzene rings is 1. The first-order chi connectivity index (χ1) is 13.4. The molecule has 1 saturated heterocycles. The summed E-state index contributed by atoms with van der Waals surface area (Å²) in [6.07, 6.45) is 5.17. The van der Waals surface area contributed by atoms with E-state index in [-0.39, 0.29) is 23.0 Å². The van der Waals surface area contributed by atoms with Crippen LogP contribution in [0.15, 0.2) is 18.2 Å². The zero-order valence-corrected chi connectivity index (χ0v) is 15.5. The second-order valence-electron chi connectivity index (χ2n) is 7.28. The van der Waals surface area contributed by atoms with Crippen molar-refractivity contribution in [3.8, 4) is 0 Å². The monoisotopic (exact) mass is 389 g/mol. The molecule has 0 bridgehead atoms. The van der Waals surface area contributed by atoms with Crippen LogP contribution < -0.4 is 0 Å². The summed E-state index contributed by atoms with van der Waals surface area (Å²) in [5.41, 5.74) is -0.767. The highest BCUT2D eigenvalue weighted by atomic mass is 16.6. The van der Waals surface area contributed by atoms with Crippen LogP contribution in [0.25, 0.3) is 0 Å². The van der Waals surface area contributed by atoms with Crippen molar-refractivity contribution in [2.45, 2.75) is 32.1 Å². The quantitative estimate of drug-likeness (QED) is 0.622. The van der Waals surface area contributed by atoms with Crippen molar-refractivity contribution in [3.63, 3.8) is 0 Å². The van der Waals surface area contributed by atoms with Gasteiger partial charge in [-0.05, 0) is 18.9 Å². The first-order valence-corrected chi connectivity index (χ1v) is 9.47. The van der Waals surface area contributed by atoms with Crippen molar-refractivity contribution in [3.05, 3.63) is 39.4 Å². The number of aromatic carboxylic acids is 1. The molecule has 1 aliphatic heterocycles. The lowest BCUT2D eigenvalue weighted by molar-refractivity contribution is -0.384. The van der Waals surface area contributed by atoms with Gasteiger partial charge in [0.25, 0.3) is 11.6 Å². The van der Waals surface area contributed by atoms with Gasteiger partial charge in [0.1, 0.15) is 0 Å².